The number of quaternary nitrogens is 1. The number of carbonyl (C=O) groups excluding carboxylic acids is 2. The number of carbonyl (C=O) groups is 2. The summed E-state index contributed by atoms with van der Waals surface area (Å²) in [5, 5.41) is 3.84. The normalized spacial score (nSPS) is 16.4. The van der Waals surface area contributed by atoms with Gasteiger partial charge < -0.3 is 15.1 Å². The molecule has 0 radical (unpaired) electrons. The van der Waals surface area contributed by atoms with E-state index in [1.54, 1.807) is 11.3 Å². The van der Waals surface area contributed by atoms with E-state index in [1.165, 1.54) is 27.3 Å². The van der Waals surface area contributed by atoms with Crippen LogP contribution in [-0.2, 0) is 19.4 Å². The predicted octanol–water partition coefficient (Wildman–Crippen LogP) is 4.12. The molecule has 2 N–H and O–H groups in total. The minimum absolute atomic E-state index is 0.0855. The van der Waals surface area contributed by atoms with E-state index >= 15 is 0 Å². The maximum Gasteiger partial charge on any atom is 0.257 e. The van der Waals surface area contributed by atoms with E-state index < -0.39 is 0 Å². The van der Waals surface area contributed by atoms with E-state index in [4.69, 9.17) is 0 Å². The molecule has 182 valence electrons. The van der Waals surface area contributed by atoms with Crippen molar-refractivity contribution in [3.63, 3.8) is 0 Å². The van der Waals surface area contributed by atoms with Crippen molar-refractivity contribution < 1.29 is 14.5 Å². The number of hydrogen-bond donors (Lipinski definition) is 2. The number of hydrogen-bond acceptors (Lipinski definition) is 3. The van der Waals surface area contributed by atoms with Crippen molar-refractivity contribution in [1.82, 2.24) is 4.90 Å². The maximum atomic E-state index is 13.9. The number of aryl methyl sites for hydroxylation is 2. The highest BCUT2D eigenvalue weighted by Gasteiger charge is 2.31. The van der Waals surface area contributed by atoms with Crippen LogP contribution in [0.5, 0.6) is 0 Å². The molecule has 2 amide bonds. The van der Waals surface area contributed by atoms with E-state index in [0.717, 1.165) is 74.5 Å². The Balaban J connectivity index is 1.34. The Hall–Kier alpha value is -2.96. The average Bonchev–Trinajstić information content (AvgIpc) is 3.04. The lowest BCUT2D eigenvalue weighted by atomic mass is 10.0. The molecule has 3 aromatic rings. The van der Waals surface area contributed by atoms with Gasteiger partial charge in [-0.3, -0.25) is 9.59 Å². The zero-order valence-electron chi connectivity index (χ0n) is 20.4. The molecule has 2 heterocycles. The molecule has 1 saturated heterocycles. The Morgan fingerprint density at radius 2 is 1.66 bits per heavy atom. The van der Waals surface area contributed by atoms with Gasteiger partial charge in [-0.15, -0.1) is 11.3 Å². The first-order valence-corrected chi connectivity index (χ1v) is 13.6. The number of anilines is 1. The van der Waals surface area contributed by atoms with Crippen molar-refractivity contribution in [2.24, 2.45) is 0 Å². The van der Waals surface area contributed by atoms with Gasteiger partial charge in [-0.1, -0.05) is 54.4 Å². The second-order valence-corrected chi connectivity index (χ2v) is 10.9. The van der Waals surface area contributed by atoms with Crippen LogP contribution in [0.25, 0.3) is 0 Å². The summed E-state index contributed by atoms with van der Waals surface area (Å²) < 4.78 is 0. The molecule has 2 aromatic carbocycles. The minimum Gasteiger partial charge on any atom is -0.328 e. The summed E-state index contributed by atoms with van der Waals surface area (Å²) in [6.07, 6.45) is 5.36. The van der Waals surface area contributed by atoms with Crippen LogP contribution in [0.2, 0.25) is 0 Å². The first kappa shape index (κ1) is 23.8. The lowest BCUT2D eigenvalue weighted by Crippen LogP contribution is -3.13. The monoisotopic (exact) mass is 488 g/mol. The Morgan fingerprint density at radius 3 is 2.40 bits per heavy atom. The van der Waals surface area contributed by atoms with Crippen LogP contribution in [0.1, 0.15) is 61.5 Å². The molecule has 1 fully saturated rings. The van der Waals surface area contributed by atoms with Crippen LogP contribution in [-0.4, -0.2) is 42.9 Å². The second-order valence-electron chi connectivity index (χ2n) is 9.79. The van der Waals surface area contributed by atoms with Crippen molar-refractivity contribution in [1.29, 1.82) is 0 Å². The highest BCUT2D eigenvalue weighted by atomic mass is 32.1. The van der Waals surface area contributed by atoms with Crippen molar-refractivity contribution in [2.75, 3.05) is 31.5 Å². The van der Waals surface area contributed by atoms with E-state index in [1.807, 2.05) is 36.1 Å². The number of rotatable bonds is 5. The van der Waals surface area contributed by atoms with Crippen molar-refractivity contribution in [3.05, 3.63) is 87.3 Å². The standard InChI is InChI=1S/C29H33N3O2S/c1-21-12-14-23(15-13-21)27(33)30-28-26(24-10-6-3-7-11-25(24)35-28)29(34)32-18-16-31(17-19-32)20-22-8-4-2-5-9-22/h2,4-5,8-9,12-15H,3,6-7,10-11,16-20H2,1H3,(H,30,33)/p+1. The van der Waals surface area contributed by atoms with Gasteiger partial charge in [-0.2, -0.15) is 0 Å². The molecule has 1 aliphatic carbocycles. The van der Waals surface area contributed by atoms with Gasteiger partial charge in [0.15, 0.2) is 0 Å². The van der Waals surface area contributed by atoms with Gasteiger partial charge in [0.1, 0.15) is 11.5 Å². The van der Waals surface area contributed by atoms with Crippen LogP contribution < -0.4 is 10.2 Å². The number of piperazine rings is 1. The maximum absolute atomic E-state index is 13.9. The van der Waals surface area contributed by atoms with Crippen molar-refractivity contribution in [2.45, 2.75) is 45.6 Å². The molecule has 0 spiro atoms. The first-order chi connectivity index (χ1) is 17.1. The molecule has 5 rings (SSSR count). The van der Waals surface area contributed by atoms with Gasteiger partial charge in [-0.25, -0.2) is 0 Å². The minimum atomic E-state index is -0.146. The summed E-state index contributed by atoms with van der Waals surface area (Å²) in [5.41, 5.74) is 5.01. The average molecular weight is 489 g/mol. The third-order valence-corrected chi connectivity index (χ3v) is 8.44. The van der Waals surface area contributed by atoms with Crippen LogP contribution in [0.15, 0.2) is 54.6 Å². The molecule has 2 aliphatic rings. The number of nitrogens with zero attached hydrogens (tertiary/aromatic N) is 1. The van der Waals surface area contributed by atoms with E-state index in [9.17, 15) is 9.59 Å². The molecule has 1 aliphatic heterocycles. The Bertz CT molecular complexity index is 1180. The van der Waals surface area contributed by atoms with Crippen LogP contribution in [0.4, 0.5) is 5.00 Å². The molecule has 0 unspecified atom stereocenters. The summed E-state index contributed by atoms with van der Waals surface area (Å²) in [5.74, 6) is -0.0602. The fraction of sp³-hybridized carbons (Fsp3) is 0.379. The Labute approximate surface area is 211 Å². The van der Waals surface area contributed by atoms with Gasteiger partial charge >= 0.3 is 0 Å². The third-order valence-electron chi connectivity index (χ3n) is 7.23. The van der Waals surface area contributed by atoms with E-state index in [-0.39, 0.29) is 11.8 Å². The SMILES string of the molecule is Cc1ccc(C(=O)Nc2sc3c(c2C(=O)N2CC[NH+](Cc4ccccc4)CC2)CCCCC3)cc1. The molecule has 0 saturated carbocycles. The molecular weight excluding hydrogens is 454 g/mol. The number of amides is 2. The summed E-state index contributed by atoms with van der Waals surface area (Å²) in [4.78, 5) is 31.7. The third kappa shape index (κ3) is 5.49. The van der Waals surface area contributed by atoms with Gasteiger partial charge in [0.25, 0.3) is 11.8 Å². The van der Waals surface area contributed by atoms with Gasteiger partial charge in [0.2, 0.25) is 0 Å². The molecule has 0 bridgehead atoms. The zero-order valence-corrected chi connectivity index (χ0v) is 21.3. The topological polar surface area (TPSA) is 53.9 Å². The summed E-state index contributed by atoms with van der Waals surface area (Å²) >= 11 is 1.61. The fourth-order valence-corrected chi connectivity index (χ4v) is 6.46. The number of thiophene rings is 1. The Morgan fingerprint density at radius 1 is 0.943 bits per heavy atom. The summed E-state index contributed by atoms with van der Waals surface area (Å²) in [6, 6.07) is 18.2. The fourth-order valence-electron chi connectivity index (χ4n) is 5.18. The van der Waals surface area contributed by atoms with Gasteiger partial charge in [0.05, 0.1) is 31.7 Å². The highest BCUT2D eigenvalue weighted by molar-refractivity contribution is 7.17. The first-order valence-electron chi connectivity index (χ1n) is 12.8. The number of fused-ring (bicyclic) bond motifs is 1. The lowest BCUT2D eigenvalue weighted by Gasteiger charge is -2.32. The quantitative estimate of drug-likeness (QED) is 0.531. The summed E-state index contributed by atoms with van der Waals surface area (Å²) in [6.45, 7) is 6.38. The van der Waals surface area contributed by atoms with Crippen LogP contribution >= 0.6 is 11.3 Å². The Kier molecular flexibility index (Phi) is 7.30. The largest absolute Gasteiger partial charge is 0.328 e. The molecule has 6 heteroatoms. The van der Waals surface area contributed by atoms with E-state index in [2.05, 4.69) is 35.6 Å². The van der Waals surface area contributed by atoms with Crippen LogP contribution in [0, 0.1) is 6.92 Å². The van der Waals surface area contributed by atoms with Gasteiger partial charge in [-0.05, 0) is 50.3 Å². The molecular formula is C29H34N3O2S+. The molecule has 5 nitrogen and oxygen atoms in total. The smallest absolute Gasteiger partial charge is 0.257 e. The molecule has 35 heavy (non-hydrogen) atoms. The van der Waals surface area contributed by atoms with Crippen LogP contribution in [0.3, 0.4) is 0 Å². The van der Waals surface area contributed by atoms with Crippen molar-refractivity contribution >= 4 is 28.2 Å². The summed E-state index contributed by atoms with van der Waals surface area (Å²) in [7, 11) is 0. The van der Waals surface area contributed by atoms with E-state index in [0.29, 0.717) is 5.56 Å². The number of nitrogens with one attached hydrogen (secondary N) is 2. The second kappa shape index (κ2) is 10.8. The molecule has 0 atom stereocenters. The number of benzene rings is 2. The predicted molar refractivity (Wildman–Crippen MR) is 141 cm³/mol. The highest BCUT2D eigenvalue weighted by Crippen LogP contribution is 2.38. The zero-order chi connectivity index (χ0) is 24.2. The molecule has 1 aromatic heterocycles. The lowest BCUT2D eigenvalue weighted by molar-refractivity contribution is -0.917. The van der Waals surface area contributed by atoms with Crippen molar-refractivity contribution in [3.8, 4) is 0 Å². The van der Waals surface area contributed by atoms with Gasteiger partial charge in [0, 0.05) is 16.0 Å².